The molecule has 0 aromatic heterocycles. The summed E-state index contributed by atoms with van der Waals surface area (Å²) in [7, 11) is 0. The zero-order valence-corrected chi connectivity index (χ0v) is 9.96. The standard InChI is InChI=1S/C15H20/c1-4-7-8-14(6-3)15-11-9-13(5-2)10-12-15/h4,7-12H,5-6H2,1-3H3/b7-4-,14-8+. The minimum atomic E-state index is 1.08. The van der Waals surface area contributed by atoms with Gasteiger partial charge in [-0.05, 0) is 36.5 Å². The van der Waals surface area contributed by atoms with E-state index in [2.05, 4.69) is 56.3 Å². The van der Waals surface area contributed by atoms with Crippen LogP contribution in [-0.2, 0) is 6.42 Å². The minimum absolute atomic E-state index is 1.08. The van der Waals surface area contributed by atoms with Gasteiger partial charge in [0.15, 0.2) is 0 Å². The van der Waals surface area contributed by atoms with Crippen molar-refractivity contribution < 1.29 is 0 Å². The number of hydrogen-bond acceptors (Lipinski definition) is 0. The molecule has 0 atom stereocenters. The third kappa shape index (κ3) is 3.39. The van der Waals surface area contributed by atoms with E-state index in [-0.39, 0.29) is 0 Å². The van der Waals surface area contributed by atoms with E-state index in [0.29, 0.717) is 0 Å². The fourth-order valence-corrected chi connectivity index (χ4v) is 1.59. The number of benzene rings is 1. The van der Waals surface area contributed by atoms with Crippen molar-refractivity contribution in [3.63, 3.8) is 0 Å². The van der Waals surface area contributed by atoms with Crippen molar-refractivity contribution in [3.8, 4) is 0 Å². The number of hydrogen-bond donors (Lipinski definition) is 0. The van der Waals surface area contributed by atoms with Crippen molar-refractivity contribution in [1.82, 2.24) is 0 Å². The van der Waals surface area contributed by atoms with Gasteiger partial charge < -0.3 is 0 Å². The van der Waals surface area contributed by atoms with E-state index < -0.39 is 0 Å². The molecule has 15 heavy (non-hydrogen) atoms. The first-order valence-electron chi connectivity index (χ1n) is 5.73. The number of rotatable bonds is 4. The molecule has 0 aliphatic heterocycles. The van der Waals surface area contributed by atoms with Crippen molar-refractivity contribution in [2.45, 2.75) is 33.6 Å². The van der Waals surface area contributed by atoms with Crippen LogP contribution in [0.15, 0.2) is 42.5 Å². The van der Waals surface area contributed by atoms with E-state index in [0.717, 1.165) is 12.8 Å². The van der Waals surface area contributed by atoms with Crippen molar-refractivity contribution in [1.29, 1.82) is 0 Å². The maximum atomic E-state index is 2.22. The fourth-order valence-electron chi connectivity index (χ4n) is 1.59. The monoisotopic (exact) mass is 200 g/mol. The van der Waals surface area contributed by atoms with Gasteiger partial charge in [-0.1, -0.05) is 56.3 Å². The van der Waals surface area contributed by atoms with Gasteiger partial charge in [0, 0.05) is 0 Å². The first-order chi connectivity index (χ1) is 7.31. The van der Waals surface area contributed by atoms with Crippen LogP contribution < -0.4 is 0 Å². The summed E-state index contributed by atoms with van der Waals surface area (Å²) in [4.78, 5) is 0. The summed E-state index contributed by atoms with van der Waals surface area (Å²) < 4.78 is 0. The van der Waals surface area contributed by atoms with Crippen molar-refractivity contribution in [2.24, 2.45) is 0 Å². The maximum absolute atomic E-state index is 2.22. The molecular formula is C15H20. The van der Waals surface area contributed by atoms with Crippen LogP contribution in [0.1, 0.15) is 38.3 Å². The van der Waals surface area contributed by atoms with Gasteiger partial charge in [0.1, 0.15) is 0 Å². The van der Waals surface area contributed by atoms with E-state index in [1.54, 1.807) is 0 Å². The molecule has 0 unspecified atom stereocenters. The van der Waals surface area contributed by atoms with Crippen LogP contribution >= 0.6 is 0 Å². The summed E-state index contributed by atoms with van der Waals surface area (Å²) in [5, 5.41) is 0. The molecule has 0 radical (unpaired) electrons. The first kappa shape index (κ1) is 11.8. The van der Waals surface area contributed by atoms with Gasteiger partial charge in [0.25, 0.3) is 0 Å². The quantitative estimate of drug-likeness (QED) is 0.622. The predicted octanol–water partition coefficient (Wildman–Crippen LogP) is 4.62. The lowest BCUT2D eigenvalue weighted by Crippen LogP contribution is -1.84. The van der Waals surface area contributed by atoms with Gasteiger partial charge in [0.2, 0.25) is 0 Å². The highest BCUT2D eigenvalue weighted by Crippen LogP contribution is 2.18. The number of allylic oxidation sites excluding steroid dienone is 4. The minimum Gasteiger partial charge on any atom is -0.0877 e. The molecule has 1 aromatic rings. The average Bonchev–Trinajstić information content (AvgIpc) is 2.31. The Morgan fingerprint density at radius 3 is 2.27 bits per heavy atom. The number of aryl methyl sites for hydroxylation is 1. The lowest BCUT2D eigenvalue weighted by atomic mass is 10.0. The maximum Gasteiger partial charge on any atom is -0.0224 e. The van der Waals surface area contributed by atoms with Crippen LogP contribution in [0.5, 0.6) is 0 Å². The molecule has 1 rings (SSSR count). The van der Waals surface area contributed by atoms with Crippen LogP contribution in [-0.4, -0.2) is 0 Å². The lowest BCUT2D eigenvalue weighted by Gasteiger charge is -2.05. The fraction of sp³-hybridized carbons (Fsp3) is 0.333. The normalized spacial score (nSPS) is 12.3. The Kier molecular flexibility index (Phi) is 4.89. The summed E-state index contributed by atoms with van der Waals surface area (Å²) in [6, 6.07) is 8.87. The summed E-state index contributed by atoms with van der Waals surface area (Å²) in [5.74, 6) is 0. The summed E-state index contributed by atoms with van der Waals surface area (Å²) in [6.45, 7) is 6.43. The smallest absolute Gasteiger partial charge is 0.0224 e. The Labute approximate surface area is 93.3 Å². The van der Waals surface area contributed by atoms with Crippen LogP contribution in [0.2, 0.25) is 0 Å². The molecule has 0 heterocycles. The predicted molar refractivity (Wildman–Crippen MR) is 68.9 cm³/mol. The Bertz CT molecular complexity index is 339. The highest BCUT2D eigenvalue weighted by molar-refractivity contribution is 5.66. The molecule has 0 fully saturated rings. The molecule has 0 saturated carbocycles. The second-order valence-corrected chi connectivity index (χ2v) is 3.62. The van der Waals surface area contributed by atoms with Gasteiger partial charge in [-0.3, -0.25) is 0 Å². The van der Waals surface area contributed by atoms with Crippen molar-refractivity contribution in [3.05, 3.63) is 53.6 Å². The van der Waals surface area contributed by atoms with E-state index in [1.165, 1.54) is 16.7 Å². The van der Waals surface area contributed by atoms with Crippen LogP contribution in [0.4, 0.5) is 0 Å². The summed E-state index contributed by atoms with van der Waals surface area (Å²) >= 11 is 0. The Morgan fingerprint density at radius 1 is 1.13 bits per heavy atom. The Balaban J connectivity index is 2.92. The third-order valence-corrected chi connectivity index (χ3v) is 2.60. The molecule has 80 valence electrons. The van der Waals surface area contributed by atoms with Crippen LogP contribution in [0, 0.1) is 0 Å². The second-order valence-electron chi connectivity index (χ2n) is 3.62. The Morgan fingerprint density at radius 2 is 1.80 bits per heavy atom. The molecule has 0 bridgehead atoms. The molecule has 0 nitrogen and oxygen atoms in total. The molecule has 0 spiro atoms. The van der Waals surface area contributed by atoms with E-state index in [1.807, 2.05) is 6.92 Å². The van der Waals surface area contributed by atoms with Crippen LogP contribution in [0.3, 0.4) is 0 Å². The highest BCUT2D eigenvalue weighted by atomic mass is 14.0. The molecule has 0 amide bonds. The van der Waals surface area contributed by atoms with E-state index >= 15 is 0 Å². The zero-order chi connectivity index (χ0) is 11.1. The third-order valence-electron chi connectivity index (χ3n) is 2.60. The molecule has 0 N–H and O–H groups in total. The molecule has 0 aliphatic carbocycles. The molecule has 0 aliphatic rings. The summed E-state index contributed by atoms with van der Waals surface area (Å²) in [6.07, 6.45) is 8.56. The largest absolute Gasteiger partial charge is 0.0877 e. The SMILES string of the molecule is C/C=C\C=C(/CC)c1ccc(CC)cc1. The van der Waals surface area contributed by atoms with Gasteiger partial charge in [0.05, 0.1) is 0 Å². The van der Waals surface area contributed by atoms with E-state index in [4.69, 9.17) is 0 Å². The average molecular weight is 200 g/mol. The molecule has 0 saturated heterocycles. The lowest BCUT2D eigenvalue weighted by molar-refractivity contribution is 1.14. The molecular weight excluding hydrogens is 180 g/mol. The van der Waals surface area contributed by atoms with Crippen LogP contribution in [0.25, 0.3) is 5.57 Å². The molecule has 1 aromatic carbocycles. The van der Waals surface area contributed by atoms with Gasteiger partial charge in [-0.15, -0.1) is 0 Å². The van der Waals surface area contributed by atoms with Crippen molar-refractivity contribution in [2.75, 3.05) is 0 Å². The van der Waals surface area contributed by atoms with Crippen molar-refractivity contribution >= 4 is 5.57 Å². The highest BCUT2D eigenvalue weighted by Gasteiger charge is 1.97. The summed E-state index contributed by atoms with van der Waals surface area (Å²) in [5.41, 5.74) is 4.14. The molecule has 0 heteroatoms. The van der Waals surface area contributed by atoms with Gasteiger partial charge in [-0.2, -0.15) is 0 Å². The second kappa shape index (κ2) is 6.23. The Hall–Kier alpha value is -1.30. The zero-order valence-electron chi connectivity index (χ0n) is 9.96. The first-order valence-corrected chi connectivity index (χ1v) is 5.73. The van der Waals surface area contributed by atoms with E-state index in [9.17, 15) is 0 Å². The van der Waals surface area contributed by atoms with Gasteiger partial charge >= 0.3 is 0 Å². The van der Waals surface area contributed by atoms with Gasteiger partial charge in [-0.25, -0.2) is 0 Å². The topological polar surface area (TPSA) is 0 Å².